The first-order chi connectivity index (χ1) is 11.2. The standard InChI is InChI=1S/C20H28N2O2/c1-13(23)11-20(4,5)12-21-19(24)10-17-14(2)16-8-6-7-9-18(16)22-15(17)3/h6-9,13,23H,10-12H2,1-5H3,(H,21,24). The van der Waals surface area contributed by atoms with Gasteiger partial charge in [0.25, 0.3) is 0 Å². The lowest BCUT2D eigenvalue weighted by atomic mass is 9.87. The zero-order valence-corrected chi connectivity index (χ0v) is 15.3. The monoisotopic (exact) mass is 328 g/mol. The minimum Gasteiger partial charge on any atom is -0.393 e. The van der Waals surface area contributed by atoms with Gasteiger partial charge in [0, 0.05) is 17.6 Å². The van der Waals surface area contributed by atoms with Crippen molar-refractivity contribution in [1.29, 1.82) is 0 Å². The van der Waals surface area contributed by atoms with Crippen LogP contribution in [0.4, 0.5) is 0 Å². The number of carbonyl (C=O) groups is 1. The predicted octanol–water partition coefficient (Wildman–Crippen LogP) is 3.31. The van der Waals surface area contributed by atoms with Crippen LogP contribution < -0.4 is 5.32 Å². The molecule has 0 saturated heterocycles. The first kappa shape index (κ1) is 18.4. The predicted molar refractivity (Wildman–Crippen MR) is 98.0 cm³/mol. The lowest BCUT2D eigenvalue weighted by Crippen LogP contribution is -2.36. The van der Waals surface area contributed by atoms with Gasteiger partial charge < -0.3 is 10.4 Å². The van der Waals surface area contributed by atoms with Crippen molar-refractivity contribution in [3.8, 4) is 0 Å². The van der Waals surface area contributed by atoms with Gasteiger partial charge in [-0.2, -0.15) is 0 Å². The van der Waals surface area contributed by atoms with E-state index in [1.165, 1.54) is 0 Å². The molecule has 1 aromatic heterocycles. The molecule has 130 valence electrons. The molecule has 1 unspecified atom stereocenters. The fourth-order valence-electron chi connectivity index (χ4n) is 3.26. The number of amides is 1. The summed E-state index contributed by atoms with van der Waals surface area (Å²) in [6, 6.07) is 8.02. The number of aliphatic hydroxyl groups excluding tert-OH is 1. The van der Waals surface area contributed by atoms with Gasteiger partial charge in [-0.05, 0) is 49.8 Å². The third kappa shape index (κ3) is 4.54. The second-order valence-electron chi connectivity index (χ2n) is 7.49. The second kappa shape index (κ2) is 7.31. The maximum Gasteiger partial charge on any atom is 0.224 e. The SMILES string of the molecule is Cc1nc2ccccc2c(C)c1CC(=O)NCC(C)(C)CC(C)O. The Labute approximate surface area is 144 Å². The minimum atomic E-state index is -0.369. The van der Waals surface area contributed by atoms with Gasteiger partial charge in [-0.1, -0.05) is 32.0 Å². The fourth-order valence-corrected chi connectivity index (χ4v) is 3.26. The van der Waals surface area contributed by atoms with E-state index in [1.54, 1.807) is 6.92 Å². The Morgan fingerprint density at radius 3 is 2.62 bits per heavy atom. The number of hydrogen-bond acceptors (Lipinski definition) is 3. The van der Waals surface area contributed by atoms with Crippen LogP contribution in [0.15, 0.2) is 24.3 Å². The quantitative estimate of drug-likeness (QED) is 0.855. The van der Waals surface area contributed by atoms with Crippen LogP contribution in [0, 0.1) is 19.3 Å². The van der Waals surface area contributed by atoms with Crippen LogP contribution in [-0.2, 0) is 11.2 Å². The number of pyridine rings is 1. The molecule has 0 aliphatic carbocycles. The summed E-state index contributed by atoms with van der Waals surface area (Å²) in [4.78, 5) is 17.0. The number of rotatable bonds is 6. The van der Waals surface area contributed by atoms with Crippen molar-refractivity contribution in [2.24, 2.45) is 5.41 Å². The molecule has 24 heavy (non-hydrogen) atoms. The van der Waals surface area contributed by atoms with Crippen LogP contribution in [0.5, 0.6) is 0 Å². The van der Waals surface area contributed by atoms with Crippen molar-refractivity contribution >= 4 is 16.8 Å². The summed E-state index contributed by atoms with van der Waals surface area (Å²) in [7, 11) is 0. The molecule has 0 fully saturated rings. The normalized spacial score (nSPS) is 13.1. The fraction of sp³-hybridized carbons (Fsp3) is 0.500. The van der Waals surface area contributed by atoms with E-state index in [0.29, 0.717) is 19.4 Å². The molecule has 0 aliphatic heterocycles. The number of para-hydroxylation sites is 1. The summed E-state index contributed by atoms with van der Waals surface area (Å²) in [5.74, 6) is -0.00283. The molecule has 0 bridgehead atoms. The Kier molecular flexibility index (Phi) is 5.60. The van der Waals surface area contributed by atoms with Crippen LogP contribution in [0.25, 0.3) is 10.9 Å². The third-order valence-corrected chi connectivity index (χ3v) is 4.44. The topological polar surface area (TPSA) is 62.2 Å². The molecule has 1 atom stereocenters. The molecule has 0 spiro atoms. The van der Waals surface area contributed by atoms with Crippen molar-refractivity contribution in [2.75, 3.05) is 6.54 Å². The van der Waals surface area contributed by atoms with Crippen LogP contribution in [0.1, 0.15) is 44.0 Å². The Morgan fingerprint density at radius 1 is 1.29 bits per heavy atom. The number of aliphatic hydroxyl groups is 1. The Hall–Kier alpha value is -1.94. The number of fused-ring (bicyclic) bond motifs is 1. The van der Waals surface area contributed by atoms with Crippen molar-refractivity contribution in [2.45, 2.75) is 53.6 Å². The molecule has 0 aliphatic rings. The number of aromatic nitrogens is 1. The average Bonchev–Trinajstić information content (AvgIpc) is 2.48. The summed E-state index contributed by atoms with van der Waals surface area (Å²) in [5.41, 5.74) is 3.87. The van der Waals surface area contributed by atoms with E-state index in [1.807, 2.05) is 45.0 Å². The lowest BCUT2D eigenvalue weighted by Gasteiger charge is -2.26. The van der Waals surface area contributed by atoms with Crippen molar-refractivity contribution in [1.82, 2.24) is 10.3 Å². The first-order valence-corrected chi connectivity index (χ1v) is 8.49. The number of nitrogens with zero attached hydrogens (tertiary/aromatic N) is 1. The molecule has 2 rings (SSSR count). The minimum absolute atomic E-state index is 0.00283. The van der Waals surface area contributed by atoms with Gasteiger partial charge in [-0.3, -0.25) is 9.78 Å². The van der Waals surface area contributed by atoms with Crippen molar-refractivity contribution in [3.63, 3.8) is 0 Å². The highest BCUT2D eigenvalue weighted by Crippen LogP contribution is 2.24. The molecular formula is C20H28N2O2. The van der Waals surface area contributed by atoms with Gasteiger partial charge in [0.2, 0.25) is 5.91 Å². The maximum atomic E-state index is 12.4. The number of carbonyl (C=O) groups excluding carboxylic acids is 1. The van der Waals surface area contributed by atoms with E-state index in [9.17, 15) is 9.90 Å². The highest BCUT2D eigenvalue weighted by molar-refractivity contribution is 5.86. The van der Waals surface area contributed by atoms with E-state index in [4.69, 9.17) is 0 Å². The summed E-state index contributed by atoms with van der Waals surface area (Å²) < 4.78 is 0. The van der Waals surface area contributed by atoms with E-state index in [-0.39, 0.29) is 17.4 Å². The average molecular weight is 328 g/mol. The highest BCUT2D eigenvalue weighted by Gasteiger charge is 2.21. The molecule has 0 radical (unpaired) electrons. The summed E-state index contributed by atoms with van der Waals surface area (Å²) >= 11 is 0. The van der Waals surface area contributed by atoms with Gasteiger partial charge in [-0.15, -0.1) is 0 Å². The van der Waals surface area contributed by atoms with Crippen LogP contribution in [-0.4, -0.2) is 28.6 Å². The highest BCUT2D eigenvalue weighted by atomic mass is 16.3. The molecular weight excluding hydrogens is 300 g/mol. The van der Waals surface area contributed by atoms with Gasteiger partial charge in [0.15, 0.2) is 0 Å². The van der Waals surface area contributed by atoms with Crippen LogP contribution >= 0.6 is 0 Å². The van der Waals surface area contributed by atoms with Crippen LogP contribution in [0.3, 0.4) is 0 Å². The summed E-state index contributed by atoms with van der Waals surface area (Å²) in [6.07, 6.45) is 0.620. The Balaban J connectivity index is 2.11. The van der Waals surface area contributed by atoms with Crippen LogP contribution in [0.2, 0.25) is 0 Å². The molecule has 1 amide bonds. The number of benzene rings is 1. The smallest absolute Gasteiger partial charge is 0.224 e. The molecule has 4 nitrogen and oxygen atoms in total. The number of aryl methyl sites for hydroxylation is 2. The Bertz CT molecular complexity index is 736. The largest absolute Gasteiger partial charge is 0.393 e. The molecule has 1 heterocycles. The summed E-state index contributed by atoms with van der Waals surface area (Å²) in [6.45, 7) is 10.4. The summed E-state index contributed by atoms with van der Waals surface area (Å²) in [5, 5.41) is 13.6. The molecule has 0 saturated carbocycles. The van der Waals surface area contributed by atoms with E-state index < -0.39 is 0 Å². The van der Waals surface area contributed by atoms with Gasteiger partial charge in [0.05, 0.1) is 18.0 Å². The number of hydrogen-bond donors (Lipinski definition) is 2. The zero-order chi connectivity index (χ0) is 17.9. The van der Waals surface area contributed by atoms with Gasteiger partial charge >= 0.3 is 0 Å². The molecule has 1 aromatic carbocycles. The molecule has 2 N–H and O–H groups in total. The lowest BCUT2D eigenvalue weighted by molar-refractivity contribution is -0.121. The molecule has 4 heteroatoms. The number of nitrogens with one attached hydrogen (secondary N) is 1. The van der Waals surface area contributed by atoms with E-state index >= 15 is 0 Å². The maximum absolute atomic E-state index is 12.4. The second-order valence-corrected chi connectivity index (χ2v) is 7.49. The van der Waals surface area contributed by atoms with Gasteiger partial charge in [-0.25, -0.2) is 0 Å². The van der Waals surface area contributed by atoms with E-state index in [2.05, 4.69) is 17.2 Å². The van der Waals surface area contributed by atoms with Crippen molar-refractivity contribution in [3.05, 3.63) is 41.1 Å². The Morgan fingerprint density at radius 2 is 1.96 bits per heavy atom. The third-order valence-electron chi connectivity index (χ3n) is 4.44. The molecule has 2 aromatic rings. The van der Waals surface area contributed by atoms with E-state index in [0.717, 1.165) is 27.7 Å². The zero-order valence-electron chi connectivity index (χ0n) is 15.3. The first-order valence-electron chi connectivity index (χ1n) is 8.49. The van der Waals surface area contributed by atoms with Crippen molar-refractivity contribution < 1.29 is 9.90 Å². The van der Waals surface area contributed by atoms with Gasteiger partial charge in [0.1, 0.15) is 0 Å².